The van der Waals surface area contributed by atoms with Gasteiger partial charge in [-0.1, -0.05) is 18.5 Å². The molecule has 3 aromatic rings. The molecular weight excluding hydrogens is 625 g/mol. The Morgan fingerprint density at radius 1 is 1.11 bits per heavy atom. The highest BCUT2D eigenvalue weighted by atomic mass is 35.5. The number of piperazine rings is 1. The van der Waals surface area contributed by atoms with Crippen molar-refractivity contribution in [2.75, 3.05) is 42.6 Å². The van der Waals surface area contributed by atoms with Crippen LogP contribution in [0.15, 0.2) is 48.7 Å². The standard InChI is InChI=1S/C32H34ClF3N6O4/c1-3-20-15-41-21(17-42(30(41)44)25-9-7-19(33)14-23(25)32(34,35)36)16-40(20)26-10-8-24(22-6-5-13-37-29(22)46-4-2)39-27(26)28(43)38-18-31(45)11-12-31/h5-10,13-14,20-21,45H,3-4,11-12,15-18H2,1-2H3,(H,38,43)/t20-,21+/m1/s1. The second-order valence-corrected chi connectivity index (χ2v) is 12.3. The zero-order valence-electron chi connectivity index (χ0n) is 25.4. The molecule has 2 aromatic heterocycles. The molecule has 3 fully saturated rings. The average molecular weight is 659 g/mol. The number of anilines is 2. The Balaban J connectivity index is 1.35. The molecule has 1 aromatic carbocycles. The van der Waals surface area contributed by atoms with Crippen LogP contribution in [-0.2, 0) is 6.18 Å². The summed E-state index contributed by atoms with van der Waals surface area (Å²) in [6.45, 7) is 4.77. The van der Waals surface area contributed by atoms with E-state index >= 15 is 0 Å². The summed E-state index contributed by atoms with van der Waals surface area (Å²) < 4.78 is 47.6. The lowest BCUT2D eigenvalue weighted by Gasteiger charge is -2.44. The van der Waals surface area contributed by atoms with Gasteiger partial charge in [-0.15, -0.1) is 0 Å². The van der Waals surface area contributed by atoms with Crippen molar-refractivity contribution < 1.29 is 32.6 Å². The molecular formula is C32H34ClF3N6O4. The maximum absolute atomic E-state index is 14.0. The quantitative estimate of drug-likeness (QED) is 0.318. The molecule has 3 amide bonds. The van der Waals surface area contributed by atoms with Gasteiger partial charge in [-0.2, -0.15) is 13.2 Å². The number of carbonyl (C=O) groups is 2. The third-order valence-electron chi connectivity index (χ3n) is 8.72. The van der Waals surface area contributed by atoms with Crippen LogP contribution >= 0.6 is 11.6 Å². The number of aromatic nitrogens is 2. The highest BCUT2D eigenvalue weighted by Crippen LogP contribution is 2.41. The van der Waals surface area contributed by atoms with E-state index < -0.39 is 35.3 Å². The fraction of sp³-hybridized carbons (Fsp3) is 0.438. The number of rotatable bonds is 9. The number of benzene rings is 1. The number of amides is 3. The first-order valence-corrected chi connectivity index (χ1v) is 15.6. The van der Waals surface area contributed by atoms with Crippen molar-refractivity contribution in [3.63, 3.8) is 0 Å². The average Bonchev–Trinajstić information content (AvgIpc) is 3.70. The van der Waals surface area contributed by atoms with Crippen LogP contribution in [0.5, 0.6) is 5.88 Å². The van der Waals surface area contributed by atoms with E-state index in [1.807, 2.05) is 18.7 Å². The number of halogens is 4. The predicted octanol–water partition coefficient (Wildman–Crippen LogP) is 5.38. The van der Waals surface area contributed by atoms with Gasteiger partial charge in [-0.25, -0.2) is 14.8 Å². The molecule has 6 rings (SSSR count). The largest absolute Gasteiger partial charge is 0.477 e. The van der Waals surface area contributed by atoms with Crippen LogP contribution in [0.1, 0.15) is 49.2 Å². The summed E-state index contributed by atoms with van der Waals surface area (Å²) in [5, 5.41) is 13.1. The minimum absolute atomic E-state index is 0.0178. The van der Waals surface area contributed by atoms with Gasteiger partial charge >= 0.3 is 12.2 Å². The normalized spacial score (nSPS) is 20.5. The number of fused-ring (bicyclic) bond motifs is 1. The van der Waals surface area contributed by atoms with Crippen molar-refractivity contribution in [1.29, 1.82) is 0 Å². The lowest BCUT2D eigenvalue weighted by Crippen LogP contribution is -2.58. The molecule has 2 atom stereocenters. The summed E-state index contributed by atoms with van der Waals surface area (Å²) in [4.78, 5) is 41.1. The molecule has 2 N–H and O–H groups in total. The Bertz CT molecular complexity index is 1650. The van der Waals surface area contributed by atoms with Gasteiger partial charge in [-0.05, 0) is 68.7 Å². The number of hydrogen-bond donors (Lipinski definition) is 2. The van der Waals surface area contributed by atoms with Crippen LogP contribution in [0.25, 0.3) is 11.3 Å². The highest BCUT2D eigenvalue weighted by Gasteiger charge is 2.47. The smallest absolute Gasteiger partial charge is 0.418 e. The number of hydrogen-bond acceptors (Lipinski definition) is 7. The summed E-state index contributed by atoms with van der Waals surface area (Å²) in [5.41, 5.74) is -0.448. The summed E-state index contributed by atoms with van der Waals surface area (Å²) in [7, 11) is 0. The fourth-order valence-electron chi connectivity index (χ4n) is 6.09. The van der Waals surface area contributed by atoms with Gasteiger partial charge in [0.2, 0.25) is 5.88 Å². The molecule has 0 radical (unpaired) electrons. The number of aliphatic hydroxyl groups is 1. The topological polar surface area (TPSA) is 111 Å². The molecule has 1 saturated carbocycles. The minimum Gasteiger partial charge on any atom is -0.477 e. The van der Waals surface area contributed by atoms with Crippen molar-refractivity contribution >= 4 is 34.9 Å². The molecule has 0 bridgehead atoms. The van der Waals surface area contributed by atoms with Gasteiger partial charge in [0.1, 0.15) is 0 Å². The van der Waals surface area contributed by atoms with E-state index in [0.717, 1.165) is 11.0 Å². The van der Waals surface area contributed by atoms with Gasteiger partial charge < -0.3 is 25.0 Å². The molecule has 2 aliphatic heterocycles. The molecule has 14 heteroatoms. The first kappa shape index (κ1) is 31.9. The summed E-state index contributed by atoms with van der Waals surface area (Å²) >= 11 is 5.89. The van der Waals surface area contributed by atoms with E-state index in [-0.39, 0.29) is 48.6 Å². The van der Waals surface area contributed by atoms with Crippen molar-refractivity contribution in [2.24, 2.45) is 0 Å². The minimum atomic E-state index is -4.71. The van der Waals surface area contributed by atoms with Crippen molar-refractivity contribution in [2.45, 2.75) is 57.0 Å². The third-order valence-corrected chi connectivity index (χ3v) is 8.96. The second kappa shape index (κ2) is 12.3. The van der Waals surface area contributed by atoms with E-state index in [1.165, 1.54) is 12.1 Å². The number of nitrogens with one attached hydrogen (secondary N) is 1. The summed E-state index contributed by atoms with van der Waals surface area (Å²) in [5.74, 6) is -0.106. The van der Waals surface area contributed by atoms with Crippen LogP contribution in [0, 0.1) is 0 Å². The molecule has 3 aliphatic rings. The molecule has 1 aliphatic carbocycles. The second-order valence-electron chi connectivity index (χ2n) is 11.8. The number of urea groups is 1. The molecule has 0 unspecified atom stereocenters. The van der Waals surface area contributed by atoms with Crippen molar-refractivity contribution in [3.8, 4) is 17.1 Å². The van der Waals surface area contributed by atoms with Gasteiger partial charge in [0.15, 0.2) is 5.69 Å². The first-order valence-electron chi connectivity index (χ1n) is 15.2. The van der Waals surface area contributed by atoms with E-state index in [9.17, 15) is 27.9 Å². The van der Waals surface area contributed by atoms with E-state index in [2.05, 4.69) is 10.3 Å². The highest BCUT2D eigenvalue weighted by molar-refractivity contribution is 6.30. The third kappa shape index (κ3) is 6.17. The van der Waals surface area contributed by atoms with Crippen molar-refractivity contribution in [3.05, 3.63) is 64.9 Å². The van der Waals surface area contributed by atoms with Crippen LogP contribution < -0.4 is 19.9 Å². The molecule has 244 valence electrons. The van der Waals surface area contributed by atoms with Gasteiger partial charge in [0, 0.05) is 43.4 Å². The van der Waals surface area contributed by atoms with Crippen LogP contribution in [-0.4, -0.2) is 82.4 Å². The number of carbonyl (C=O) groups excluding carboxylic acids is 2. The number of pyridine rings is 2. The Morgan fingerprint density at radius 3 is 2.57 bits per heavy atom. The molecule has 46 heavy (non-hydrogen) atoms. The van der Waals surface area contributed by atoms with E-state index in [1.54, 1.807) is 35.4 Å². The molecule has 10 nitrogen and oxygen atoms in total. The molecule has 2 saturated heterocycles. The maximum Gasteiger partial charge on any atom is 0.418 e. The maximum atomic E-state index is 14.0. The van der Waals surface area contributed by atoms with E-state index in [4.69, 9.17) is 21.3 Å². The Labute approximate surface area is 269 Å². The lowest BCUT2D eigenvalue weighted by atomic mass is 10.0. The first-order chi connectivity index (χ1) is 21.9. The van der Waals surface area contributed by atoms with E-state index in [0.29, 0.717) is 48.7 Å². The van der Waals surface area contributed by atoms with Crippen LogP contribution in [0.3, 0.4) is 0 Å². The Morgan fingerprint density at radius 2 is 1.87 bits per heavy atom. The molecule has 0 spiro atoms. The summed E-state index contributed by atoms with van der Waals surface area (Å²) in [6, 6.07) is 9.28. The van der Waals surface area contributed by atoms with Crippen LogP contribution in [0.4, 0.5) is 29.3 Å². The Hall–Kier alpha value is -4.10. The summed E-state index contributed by atoms with van der Waals surface area (Å²) in [6.07, 6.45) is -1.33. The van der Waals surface area contributed by atoms with Crippen molar-refractivity contribution in [1.82, 2.24) is 20.2 Å². The monoisotopic (exact) mass is 658 g/mol. The van der Waals surface area contributed by atoms with Gasteiger partial charge in [-0.3, -0.25) is 9.69 Å². The Kier molecular flexibility index (Phi) is 8.49. The zero-order valence-corrected chi connectivity index (χ0v) is 26.1. The molecule has 4 heterocycles. The number of alkyl halides is 3. The predicted molar refractivity (Wildman–Crippen MR) is 166 cm³/mol. The van der Waals surface area contributed by atoms with Crippen LogP contribution in [0.2, 0.25) is 5.02 Å². The fourth-order valence-corrected chi connectivity index (χ4v) is 6.26. The number of ether oxygens (including phenoxy) is 1. The number of nitrogens with zero attached hydrogens (tertiary/aromatic N) is 5. The SMILES string of the molecule is CCOc1ncccc1-c1ccc(N2C[C@H]3CN(c4ccc(Cl)cc4C(F)(F)F)C(=O)N3C[C@H]2CC)c(C(=O)NCC2(O)CC2)n1. The lowest BCUT2D eigenvalue weighted by molar-refractivity contribution is -0.137. The van der Waals surface area contributed by atoms with Gasteiger partial charge in [0.05, 0.1) is 46.4 Å². The van der Waals surface area contributed by atoms with Gasteiger partial charge in [0.25, 0.3) is 5.91 Å². The zero-order chi connectivity index (χ0) is 32.8.